The van der Waals surface area contributed by atoms with E-state index in [1.54, 1.807) is 18.3 Å². The molecule has 0 spiro atoms. The van der Waals surface area contributed by atoms with Crippen LogP contribution in [-0.2, 0) is 16.3 Å². The minimum Gasteiger partial charge on any atom is -0.412 e. The molecule has 0 amide bonds. The van der Waals surface area contributed by atoms with Crippen LogP contribution in [0.25, 0.3) is 44.8 Å². The third-order valence-electron chi connectivity index (χ3n) is 7.69. The number of rotatable bonds is 6. The van der Waals surface area contributed by atoms with Gasteiger partial charge in [0.1, 0.15) is 0 Å². The number of sulfone groups is 1. The minimum absolute atomic E-state index is 0. The molecule has 0 atom stereocenters. The Morgan fingerprint density at radius 1 is 0.532 bits per heavy atom. The maximum atomic E-state index is 11.6. The molecule has 0 saturated carbocycles. The van der Waals surface area contributed by atoms with Gasteiger partial charge < -0.3 is 5.48 Å². The molecule has 0 aliphatic heterocycles. The quantitative estimate of drug-likeness (QED) is 0.181. The number of aryl methyl sites for hydroxylation is 5. The van der Waals surface area contributed by atoms with Gasteiger partial charge in [0, 0.05) is 64.7 Å². The molecular formula is C39H40N4O3S. The van der Waals surface area contributed by atoms with Gasteiger partial charge in [0.05, 0.1) is 16.3 Å². The summed E-state index contributed by atoms with van der Waals surface area (Å²) >= 11 is 0. The fourth-order valence-corrected chi connectivity index (χ4v) is 5.69. The topological polar surface area (TPSA) is 117 Å². The zero-order valence-corrected chi connectivity index (χ0v) is 28.4. The van der Waals surface area contributed by atoms with E-state index in [0.717, 1.165) is 62.6 Å². The van der Waals surface area contributed by atoms with Crippen LogP contribution in [-0.4, -0.2) is 40.1 Å². The van der Waals surface area contributed by atoms with Crippen LogP contribution in [0.4, 0.5) is 0 Å². The predicted octanol–water partition coefficient (Wildman–Crippen LogP) is 8.00. The molecule has 0 radical (unpaired) electrons. The van der Waals surface area contributed by atoms with Crippen LogP contribution in [0, 0.1) is 27.7 Å². The van der Waals surface area contributed by atoms with Crippen molar-refractivity contribution in [1.82, 2.24) is 19.9 Å². The first kappa shape index (κ1) is 34.8. The summed E-state index contributed by atoms with van der Waals surface area (Å²) in [6, 6.07) is 27.9. The molecule has 7 nitrogen and oxygen atoms in total. The molecule has 2 aromatic carbocycles. The number of pyridine rings is 4. The van der Waals surface area contributed by atoms with Crippen LogP contribution in [0.15, 0.2) is 115 Å². The maximum absolute atomic E-state index is 11.6. The van der Waals surface area contributed by atoms with Gasteiger partial charge in [0.25, 0.3) is 0 Å². The van der Waals surface area contributed by atoms with Gasteiger partial charge in [0.2, 0.25) is 0 Å². The molecule has 0 aliphatic rings. The highest BCUT2D eigenvalue weighted by Crippen LogP contribution is 2.32. The third-order valence-corrected chi connectivity index (χ3v) is 8.81. The number of benzene rings is 2. The van der Waals surface area contributed by atoms with Gasteiger partial charge in [-0.15, -0.1) is 0 Å². The Labute approximate surface area is 277 Å². The Hall–Kier alpha value is -5.05. The zero-order chi connectivity index (χ0) is 32.8. The van der Waals surface area contributed by atoms with Crippen molar-refractivity contribution >= 4 is 9.84 Å². The number of hydrogen-bond donors (Lipinski definition) is 0. The monoisotopic (exact) mass is 644 g/mol. The second kappa shape index (κ2) is 15.0. The second-order valence-corrected chi connectivity index (χ2v) is 13.6. The van der Waals surface area contributed by atoms with E-state index < -0.39 is 9.84 Å². The molecule has 6 aromatic rings. The first-order chi connectivity index (χ1) is 22.0. The van der Waals surface area contributed by atoms with Crippen LogP contribution in [0.3, 0.4) is 0 Å². The lowest BCUT2D eigenvalue weighted by Gasteiger charge is -2.11. The zero-order valence-electron chi connectivity index (χ0n) is 27.6. The molecule has 0 fully saturated rings. The van der Waals surface area contributed by atoms with Gasteiger partial charge in [-0.05, 0) is 110 Å². The molecule has 47 heavy (non-hydrogen) atoms. The van der Waals surface area contributed by atoms with Crippen LogP contribution >= 0.6 is 0 Å². The summed E-state index contributed by atoms with van der Waals surface area (Å²) in [6.07, 6.45) is 9.71. The number of aromatic nitrogens is 4. The molecule has 0 saturated heterocycles. The fraction of sp³-hybridized carbons (Fsp3) is 0.179. The Kier molecular flexibility index (Phi) is 11.1. The maximum Gasteiger partial charge on any atom is 0.175 e. The van der Waals surface area contributed by atoms with E-state index in [1.165, 1.54) is 22.9 Å². The first-order valence-corrected chi connectivity index (χ1v) is 17.1. The smallest absolute Gasteiger partial charge is 0.175 e. The lowest BCUT2D eigenvalue weighted by molar-refractivity contribution is 0.602. The number of nitrogens with zero attached hydrogens (tertiary/aromatic N) is 4. The molecule has 240 valence electrons. The Bertz CT molecular complexity index is 2060. The van der Waals surface area contributed by atoms with Crippen molar-refractivity contribution in [1.29, 1.82) is 0 Å². The molecule has 2 N–H and O–H groups in total. The largest absolute Gasteiger partial charge is 0.412 e. The van der Waals surface area contributed by atoms with Crippen molar-refractivity contribution in [3.8, 4) is 44.8 Å². The number of hydrogen-bond acceptors (Lipinski definition) is 6. The van der Waals surface area contributed by atoms with Crippen molar-refractivity contribution in [2.45, 2.75) is 45.9 Å². The SMILES string of the molecule is CCc1ccc(-c2cc(C)cnc2-c2ccc(C)nc2)cc1.Cc1cnc(-c2ccc(C)nc2)c(-c2ccc(S(C)(=O)=O)cc2)c1.O. The fourth-order valence-electron chi connectivity index (χ4n) is 5.06. The van der Waals surface area contributed by atoms with E-state index in [2.05, 4.69) is 76.2 Å². The van der Waals surface area contributed by atoms with E-state index >= 15 is 0 Å². The molecular weight excluding hydrogens is 605 g/mol. The van der Waals surface area contributed by atoms with Gasteiger partial charge in [0.15, 0.2) is 9.84 Å². The van der Waals surface area contributed by atoms with Crippen molar-refractivity contribution in [2.24, 2.45) is 0 Å². The summed E-state index contributed by atoms with van der Waals surface area (Å²) in [5.74, 6) is 0. The van der Waals surface area contributed by atoms with E-state index in [0.29, 0.717) is 4.90 Å². The molecule has 0 bridgehead atoms. The van der Waals surface area contributed by atoms with Crippen LogP contribution in [0.1, 0.15) is 35.0 Å². The lowest BCUT2D eigenvalue weighted by atomic mass is 9.97. The molecule has 8 heteroatoms. The summed E-state index contributed by atoms with van der Waals surface area (Å²) in [4.78, 5) is 18.3. The van der Waals surface area contributed by atoms with Gasteiger partial charge in [-0.2, -0.15) is 0 Å². The second-order valence-electron chi connectivity index (χ2n) is 11.5. The molecule has 0 aliphatic carbocycles. The highest BCUT2D eigenvalue weighted by atomic mass is 32.2. The Morgan fingerprint density at radius 3 is 1.30 bits per heavy atom. The molecule has 4 aromatic heterocycles. The molecule has 4 heterocycles. The van der Waals surface area contributed by atoms with Crippen LogP contribution in [0.5, 0.6) is 0 Å². The van der Waals surface area contributed by atoms with Crippen LogP contribution in [0.2, 0.25) is 0 Å². The van der Waals surface area contributed by atoms with Gasteiger partial charge in [-0.3, -0.25) is 19.9 Å². The summed E-state index contributed by atoms with van der Waals surface area (Å²) in [7, 11) is -3.20. The normalized spacial score (nSPS) is 10.9. The van der Waals surface area contributed by atoms with Crippen LogP contribution < -0.4 is 0 Å². The van der Waals surface area contributed by atoms with Gasteiger partial charge in [-0.25, -0.2) is 8.42 Å². The van der Waals surface area contributed by atoms with Crippen molar-refractivity contribution in [2.75, 3.05) is 6.26 Å². The summed E-state index contributed by atoms with van der Waals surface area (Å²) < 4.78 is 23.3. The summed E-state index contributed by atoms with van der Waals surface area (Å²) in [6.45, 7) is 10.2. The average Bonchev–Trinajstić information content (AvgIpc) is 3.06. The average molecular weight is 645 g/mol. The van der Waals surface area contributed by atoms with Crippen molar-refractivity contribution < 1.29 is 13.9 Å². The van der Waals surface area contributed by atoms with E-state index in [9.17, 15) is 8.42 Å². The third kappa shape index (κ3) is 8.61. The first-order valence-electron chi connectivity index (χ1n) is 15.2. The lowest BCUT2D eigenvalue weighted by Crippen LogP contribution is -1.97. The standard InChI is InChI=1S/C20H20N2.C19H18N2O2S.H2O/c1-4-16-6-9-17(10-7-16)19-11-14(2)12-22-20(19)18-8-5-15(3)21-13-18;1-13-10-18(15-6-8-17(9-7-15)24(3,22)23)19(21-11-13)16-5-4-14(2)20-12-16;/h5-13H,4H2,1-3H3;4-12H,1-3H3;1H2. The summed E-state index contributed by atoms with van der Waals surface area (Å²) in [5, 5.41) is 0. The minimum atomic E-state index is -3.20. The van der Waals surface area contributed by atoms with E-state index in [1.807, 2.05) is 69.7 Å². The Morgan fingerprint density at radius 2 is 0.936 bits per heavy atom. The van der Waals surface area contributed by atoms with E-state index in [4.69, 9.17) is 0 Å². The van der Waals surface area contributed by atoms with E-state index in [-0.39, 0.29) is 5.48 Å². The molecule has 6 rings (SSSR count). The highest BCUT2D eigenvalue weighted by molar-refractivity contribution is 7.90. The van der Waals surface area contributed by atoms with Gasteiger partial charge >= 0.3 is 0 Å². The van der Waals surface area contributed by atoms with Crippen molar-refractivity contribution in [3.63, 3.8) is 0 Å². The molecule has 0 unspecified atom stereocenters. The summed E-state index contributed by atoms with van der Waals surface area (Å²) in [5.41, 5.74) is 13.6. The predicted molar refractivity (Wildman–Crippen MR) is 191 cm³/mol. The van der Waals surface area contributed by atoms with Gasteiger partial charge in [-0.1, -0.05) is 43.3 Å². The van der Waals surface area contributed by atoms with Crippen molar-refractivity contribution in [3.05, 3.63) is 138 Å². The highest BCUT2D eigenvalue weighted by Gasteiger charge is 2.13. The Balaban J connectivity index is 0.000000209.